The molecule has 1 N–H and O–H groups in total. The molecule has 1 aromatic heterocycles. The molecule has 2 rings (SSSR count). The molecule has 0 aromatic carbocycles. The van der Waals surface area contributed by atoms with Crippen molar-refractivity contribution in [3.8, 4) is 0 Å². The minimum atomic E-state index is -0.532. The molecule has 1 fully saturated rings. The van der Waals surface area contributed by atoms with Crippen molar-refractivity contribution in [1.29, 1.82) is 0 Å². The maximum absolute atomic E-state index is 12.9. The maximum atomic E-state index is 12.9. The molecule has 0 spiro atoms. The van der Waals surface area contributed by atoms with Crippen molar-refractivity contribution in [2.75, 3.05) is 13.1 Å². The van der Waals surface area contributed by atoms with Gasteiger partial charge in [-0.3, -0.25) is 14.5 Å². The van der Waals surface area contributed by atoms with Crippen LogP contribution in [0.5, 0.6) is 0 Å². The highest BCUT2D eigenvalue weighted by Gasteiger charge is 2.42. The highest BCUT2D eigenvalue weighted by Crippen LogP contribution is 2.33. The number of amides is 1. The van der Waals surface area contributed by atoms with Crippen LogP contribution in [0.3, 0.4) is 0 Å². The van der Waals surface area contributed by atoms with Gasteiger partial charge in [-0.1, -0.05) is 13.3 Å². The van der Waals surface area contributed by atoms with E-state index in [9.17, 15) is 9.59 Å². The van der Waals surface area contributed by atoms with Crippen LogP contribution in [-0.2, 0) is 14.3 Å². The van der Waals surface area contributed by atoms with Gasteiger partial charge in [-0.2, -0.15) is 0 Å². The van der Waals surface area contributed by atoms with Gasteiger partial charge in [0.15, 0.2) is 5.89 Å². The lowest BCUT2D eigenvalue weighted by Crippen LogP contribution is -2.46. The Morgan fingerprint density at radius 2 is 2.14 bits per heavy atom. The van der Waals surface area contributed by atoms with Gasteiger partial charge in [0.1, 0.15) is 17.9 Å². The highest BCUT2D eigenvalue weighted by molar-refractivity contribution is 5.77. The van der Waals surface area contributed by atoms with E-state index in [1.54, 1.807) is 12.5 Å². The van der Waals surface area contributed by atoms with Gasteiger partial charge >= 0.3 is 5.97 Å². The summed E-state index contributed by atoms with van der Waals surface area (Å²) in [6, 6.07) is -0.294. The molecule has 0 bridgehead atoms. The van der Waals surface area contributed by atoms with E-state index >= 15 is 0 Å². The van der Waals surface area contributed by atoms with Crippen molar-refractivity contribution in [3.05, 3.63) is 18.4 Å². The molecule has 1 aliphatic heterocycles. The summed E-state index contributed by atoms with van der Waals surface area (Å²) in [4.78, 5) is 30.9. The average molecular weight is 394 g/mol. The van der Waals surface area contributed by atoms with E-state index in [1.165, 1.54) is 6.92 Å². The first-order chi connectivity index (χ1) is 13.1. The summed E-state index contributed by atoms with van der Waals surface area (Å²) in [5, 5.41) is 3.01. The summed E-state index contributed by atoms with van der Waals surface area (Å²) in [5.74, 6) is 0.742. The third kappa shape index (κ3) is 6.33. The molecule has 0 saturated carbocycles. The second-order valence-corrected chi connectivity index (χ2v) is 8.84. The van der Waals surface area contributed by atoms with Gasteiger partial charge in [0.2, 0.25) is 5.91 Å². The minimum absolute atomic E-state index is 0.0311. The largest absolute Gasteiger partial charge is 0.459 e. The van der Waals surface area contributed by atoms with Gasteiger partial charge < -0.3 is 14.5 Å². The van der Waals surface area contributed by atoms with Gasteiger partial charge in [0.25, 0.3) is 0 Å². The van der Waals surface area contributed by atoms with Crippen molar-refractivity contribution in [1.82, 2.24) is 15.2 Å². The van der Waals surface area contributed by atoms with Crippen LogP contribution < -0.4 is 5.32 Å². The number of nitrogens with zero attached hydrogens (tertiary/aromatic N) is 2. The zero-order chi connectivity index (χ0) is 20.9. The molecule has 1 aliphatic rings. The molecule has 7 heteroatoms. The molecule has 3 unspecified atom stereocenters. The van der Waals surface area contributed by atoms with E-state index in [1.807, 2.05) is 27.7 Å². The smallest absolute Gasteiger partial charge is 0.323 e. The fraction of sp³-hybridized carbons (Fsp3) is 0.762. The summed E-state index contributed by atoms with van der Waals surface area (Å²) < 4.78 is 11.2. The molecule has 28 heavy (non-hydrogen) atoms. The number of rotatable bonds is 8. The number of esters is 1. The van der Waals surface area contributed by atoms with Crippen LogP contribution in [0.15, 0.2) is 16.9 Å². The number of nitrogens with one attached hydrogen (secondary N) is 1. The monoisotopic (exact) mass is 393 g/mol. The summed E-state index contributed by atoms with van der Waals surface area (Å²) >= 11 is 0. The number of hydrogen-bond acceptors (Lipinski definition) is 6. The molecule has 1 aromatic rings. The summed E-state index contributed by atoms with van der Waals surface area (Å²) in [6.45, 7) is 12.8. The Kier molecular flexibility index (Phi) is 7.63. The third-order valence-corrected chi connectivity index (χ3v) is 5.15. The van der Waals surface area contributed by atoms with Crippen molar-refractivity contribution < 1.29 is 18.7 Å². The number of oxazole rings is 1. The molecule has 4 atom stereocenters. The fourth-order valence-corrected chi connectivity index (χ4v) is 3.95. The van der Waals surface area contributed by atoms with E-state index in [2.05, 4.69) is 22.1 Å². The van der Waals surface area contributed by atoms with E-state index in [0.29, 0.717) is 18.9 Å². The molecule has 1 saturated heterocycles. The average Bonchev–Trinajstić information content (AvgIpc) is 3.21. The number of carbonyl (C=O) groups excluding carboxylic acids is 2. The standard InChI is InChI=1S/C21H35N3O4/c1-7-8-16(14(2)23-15(3)25)12-24-13-17(19-22-9-10-27-19)11-18(24)20(26)28-21(4,5)6/h9-10,14,16-18H,7-8,11-13H2,1-6H3,(H,23,25)/t14?,16-,17?,18?/m0/s1. The Labute approximate surface area is 168 Å². The molecule has 2 heterocycles. The zero-order valence-corrected chi connectivity index (χ0v) is 18.0. The summed E-state index contributed by atoms with van der Waals surface area (Å²) in [7, 11) is 0. The highest BCUT2D eigenvalue weighted by atomic mass is 16.6. The van der Waals surface area contributed by atoms with Gasteiger partial charge in [0, 0.05) is 26.1 Å². The van der Waals surface area contributed by atoms with Crippen molar-refractivity contribution in [2.45, 2.75) is 84.4 Å². The van der Waals surface area contributed by atoms with Crippen LogP contribution in [-0.4, -0.2) is 52.5 Å². The van der Waals surface area contributed by atoms with E-state index in [4.69, 9.17) is 9.15 Å². The van der Waals surface area contributed by atoms with Crippen LogP contribution in [0.4, 0.5) is 0 Å². The third-order valence-electron chi connectivity index (χ3n) is 5.15. The lowest BCUT2D eigenvalue weighted by molar-refractivity contribution is -0.160. The van der Waals surface area contributed by atoms with Crippen molar-refractivity contribution in [3.63, 3.8) is 0 Å². The predicted molar refractivity (Wildman–Crippen MR) is 107 cm³/mol. The SMILES string of the molecule is CCC[C@@H](CN1CC(c2ncco2)CC1C(=O)OC(C)(C)C)C(C)NC(C)=O. The number of aromatic nitrogens is 1. The quantitative estimate of drug-likeness (QED) is 0.683. The molecular formula is C21H35N3O4. The van der Waals surface area contributed by atoms with Crippen molar-refractivity contribution in [2.24, 2.45) is 5.92 Å². The Balaban J connectivity index is 2.17. The lowest BCUT2D eigenvalue weighted by atomic mass is 9.95. The van der Waals surface area contributed by atoms with Gasteiger partial charge in [-0.15, -0.1) is 0 Å². The Morgan fingerprint density at radius 3 is 2.68 bits per heavy atom. The molecule has 0 radical (unpaired) electrons. The summed E-state index contributed by atoms with van der Waals surface area (Å²) in [6.07, 6.45) is 5.83. The fourth-order valence-electron chi connectivity index (χ4n) is 3.95. The topological polar surface area (TPSA) is 84.7 Å². The Morgan fingerprint density at radius 1 is 1.43 bits per heavy atom. The van der Waals surface area contributed by atoms with Crippen LogP contribution in [0.1, 0.15) is 72.6 Å². The number of ether oxygens (including phenoxy) is 1. The lowest BCUT2D eigenvalue weighted by Gasteiger charge is -2.32. The predicted octanol–water partition coefficient (Wildman–Crippen LogP) is 3.12. The number of carbonyl (C=O) groups is 2. The van der Waals surface area contributed by atoms with Gasteiger partial charge in [-0.05, 0) is 46.5 Å². The van der Waals surface area contributed by atoms with Crippen LogP contribution in [0, 0.1) is 5.92 Å². The molecule has 1 amide bonds. The zero-order valence-electron chi connectivity index (χ0n) is 18.0. The first kappa shape index (κ1) is 22.4. The summed E-state index contributed by atoms with van der Waals surface area (Å²) in [5.41, 5.74) is -0.532. The van der Waals surface area contributed by atoms with Crippen LogP contribution in [0.2, 0.25) is 0 Å². The Bertz CT molecular complexity index is 639. The second kappa shape index (κ2) is 9.54. The molecule has 0 aliphatic carbocycles. The first-order valence-electron chi connectivity index (χ1n) is 10.2. The number of likely N-dealkylation sites (tertiary alicyclic amines) is 1. The number of hydrogen-bond donors (Lipinski definition) is 1. The molecule has 158 valence electrons. The Hall–Kier alpha value is -1.89. The minimum Gasteiger partial charge on any atom is -0.459 e. The van der Waals surface area contributed by atoms with Gasteiger partial charge in [0.05, 0.1) is 12.1 Å². The normalized spacial score (nSPS) is 22.6. The van der Waals surface area contributed by atoms with Crippen molar-refractivity contribution >= 4 is 11.9 Å². The van der Waals surface area contributed by atoms with E-state index < -0.39 is 5.60 Å². The first-order valence-corrected chi connectivity index (χ1v) is 10.2. The van der Waals surface area contributed by atoms with Crippen LogP contribution >= 0.6 is 0 Å². The molecule has 7 nitrogen and oxygen atoms in total. The second-order valence-electron chi connectivity index (χ2n) is 8.84. The van der Waals surface area contributed by atoms with Gasteiger partial charge in [-0.25, -0.2) is 4.98 Å². The van der Waals surface area contributed by atoms with E-state index in [-0.39, 0.29) is 35.8 Å². The van der Waals surface area contributed by atoms with E-state index in [0.717, 1.165) is 19.4 Å². The molecular weight excluding hydrogens is 358 g/mol. The van der Waals surface area contributed by atoms with Crippen LogP contribution in [0.25, 0.3) is 0 Å². The maximum Gasteiger partial charge on any atom is 0.323 e.